The van der Waals surface area contributed by atoms with Crippen LogP contribution in [0.25, 0.3) is 32.7 Å². The third-order valence-electron chi connectivity index (χ3n) is 5.36. The number of aromatic nitrogens is 1. The number of aliphatic hydroxyl groups is 1. The Bertz CT molecular complexity index is 1110. The van der Waals surface area contributed by atoms with Crippen LogP contribution in [0.5, 0.6) is 0 Å². The molecule has 4 nitrogen and oxygen atoms in total. The van der Waals surface area contributed by atoms with Crippen molar-refractivity contribution in [3.05, 3.63) is 48.7 Å². The van der Waals surface area contributed by atoms with Gasteiger partial charge in [0, 0.05) is 16.4 Å². The quantitative estimate of drug-likeness (QED) is 0.572. The first-order valence-electron chi connectivity index (χ1n) is 8.81. The standard InChI is InChI=1S/C21H22BNO3/c1-20(2,24)21(3,4)26-22-18-11-15-17(12-23-18)25-16-10-9-13-7-5-6-8-14(13)19(15)16/h5-12,22,24H,1-4H3. The van der Waals surface area contributed by atoms with E-state index in [1.54, 1.807) is 20.0 Å². The molecule has 2 aromatic heterocycles. The van der Waals surface area contributed by atoms with Crippen LogP contribution in [0.3, 0.4) is 0 Å². The molecule has 0 saturated heterocycles. The monoisotopic (exact) mass is 347 g/mol. The molecule has 0 atom stereocenters. The van der Waals surface area contributed by atoms with Crippen LogP contribution in [0, 0.1) is 0 Å². The normalized spacial score (nSPS) is 13.0. The van der Waals surface area contributed by atoms with E-state index in [2.05, 4.69) is 23.2 Å². The lowest BCUT2D eigenvalue weighted by molar-refractivity contribution is -0.0893. The maximum absolute atomic E-state index is 10.3. The summed E-state index contributed by atoms with van der Waals surface area (Å²) < 4.78 is 11.9. The molecule has 132 valence electrons. The van der Waals surface area contributed by atoms with Crippen LogP contribution in [0.15, 0.2) is 53.1 Å². The molecule has 4 aromatic rings. The highest BCUT2D eigenvalue weighted by molar-refractivity contribution is 6.46. The Balaban J connectivity index is 1.79. The predicted octanol–water partition coefficient (Wildman–Crippen LogP) is 3.68. The molecule has 0 radical (unpaired) electrons. The van der Waals surface area contributed by atoms with Crippen molar-refractivity contribution < 1.29 is 14.2 Å². The minimum Gasteiger partial charge on any atom is -0.454 e. The fraction of sp³-hybridized carbons (Fsp3) is 0.286. The summed E-state index contributed by atoms with van der Waals surface area (Å²) in [5.74, 6) is 0. The number of benzene rings is 2. The lowest BCUT2D eigenvalue weighted by Gasteiger charge is -2.37. The van der Waals surface area contributed by atoms with Crippen molar-refractivity contribution in [1.82, 2.24) is 4.98 Å². The van der Waals surface area contributed by atoms with Crippen LogP contribution >= 0.6 is 0 Å². The summed E-state index contributed by atoms with van der Waals surface area (Å²) in [6.07, 6.45) is 1.75. The van der Waals surface area contributed by atoms with Crippen molar-refractivity contribution in [2.75, 3.05) is 0 Å². The molecule has 0 fully saturated rings. The first-order chi connectivity index (χ1) is 12.3. The summed E-state index contributed by atoms with van der Waals surface area (Å²) in [5.41, 5.74) is 0.799. The van der Waals surface area contributed by atoms with Crippen molar-refractivity contribution in [3.8, 4) is 0 Å². The van der Waals surface area contributed by atoms with Crippen LogP contribution in [0.2, 0.25) is 0 Å². The predicted molar refractivity (Wildman–Crippen MR) is 107 cm³/mol. The van der Waals surface area contributed by atoms with Gasteiger partial charge < -0.3 is 14.2 Å². The zero-order valence-corrected chi connectivity index (χ0v) is 15.5. The van der Waals surface area contributed by atoms with E-state index in [1.165, 1.54) is 10.8 Å². The molecule has 0 aliphatic carbocycles. The van der Waals surface area contributed by atoms with Crippen molar-refractivity contribution in [3.63, 3.8) is 0 Å². The van der Waals surface area contributed by atoms with Crippen molar-refractivity contribution in [2.45, 2.75) is 38.9 Å². The third kappa shape index (κ3) is 2.77. The number of rotatable bonds is 4. The molecule has 0 saturated carbocycles. The second-order valence-electron chi connectivity index (χ2n) is 7.79. The maximum Gasteiger partial charge on any atom is 0.329 e. The number of fused-ring (bicyclic) bond motifs is 5. The zero-order chi connectivity index (χ0) is 18.5. The summed E-state index contributed by atoms with van der Waals surface area (Å²) in [6.45, 7) is 7.26. The fourth-order valence-corrected chi connectivity index (χ4v) is 3.01. The molecular formula is C21H22BNO3. The molecule has 0 bridgehead atoms. The maximum atomic E-state index is 10.3. The van der Waals surface area contributed by atoms with Crippen molar-refractivity contribution >= 4 is 45.8 Å². The Morgan fingerprint density at radius 2 is 1.77 bits per heavy atom. The highest BCUT2D eigenvalue weighted by atomic mass is 16.5. The number of pyridine rings is 1. The van der Waals surface area contributed by atoms with Gasteiger partial charge in [-0.05, 0) is 50.6 Å². The minimum absolute atomic E-state index is 0.324. The molecular weight excluding hydrogens is 325 g/mol. The zero-order valence-electron chi connectivity index (χ0n) is 15.5. The van der Waals surface area contributed by atoms with Gasteiger partial charge in [0.2, 0.25) is 0 Å². The summed E-state index contributed by atoms with van der Waals surface area (Å²) in [5, 5.41) is 14.7. The first-order valence-corrected chi connectivity index (χ1v) is 8.81. The molecule has 0 aliphatic rings. The average Bonchev–Trinajstić information content (AvgIpc) is 2.97. The van der Waals surface area contributed by atoms with E-state index in [0.717, 1.165) is 27.5 Å². The van der Waals surface area contributed by atoms with Gasteiger partial charge in [0.05, 0.1) is 17.4 Å². The van der Waals surface area contributed by atoms with Crippen LogP contribution in [-0.4, -0.2) is 28.8 Å². The lowest BCUT2D eigenvalue weighted by atomic mass is 9.84. The second-order valence-corrected chi connectivity index (χ2v) is 7.79. The van der Waals surface area contributed by atoms with E-state index in [4.69, 9.17) is 9.07 Å². The van der Waals surface area contributed by atoms with Gasteiger partial charge in [0.1, 0.15) is 5.58 Å². The van der Waals surface area contributed by atoms with Crippen LogP contribution < -0.4 is 5.59 Å². The summed E-state index contributed by atoms with van der Waals surface area (Å²) in [7, 11) is 0.324. The second kappa shape index (κ2) is 5.83. The Hall–Kier alpha value is -2.37. The van der Waals surface area contributed by atoms with Crippen LogP contribution in [-0.2, 0) is 4.65 Å². The van der Waals surface area contributed by atoms with Crippen molar-refractivity contribution in [2.24, 2.45) is 0 Å². The molecule has 1 N–H and O–H groups in total. The van der Waals surface area contributed by atoms with E-state index >= 15 is 0 Å². The van der Waals surface area contributed by atoms with Gasteiger partial charge in [-0.3, -0.25) is 4.98 Å². The first kappa shape index (κ1) is 17.1. The number of hydrogen-bond acceptors (Lipinski definition) is 4. The van der Waals surface area contributed by atoms with Gasteiger partial charge in [-0.25, -0.2) is 0 Å². The molecule has 5 heteroatoms. The molecule has 0 amide bonds. The molecule has 26 heavy (non-hydrogen) atoms. The Kier molecular flexibility index (Phi) is 3.83. The Morgan fingerprint density at radius 1 is 1.00 bits per heavy atom. The van der Waals surface area contributed by atoms with Gasteiger partial charge in [-0.1, -0.05) is 30.3 Å². The van der Waals surface area contributed by atoms with Crippen LogP contribution in [0.4, 0.5) is 0 Å². The SMILES string of the molecule is CC(C)(O)C(C)(C)OBc1cc2c(cn1)oc1ccc3ccccc3c12. The molecule has 2 heterocycles. The highest BCUT2D eigenvalue weighted by Crippen LogP contribution is 2.33. The third-order valence-corrected chi connectivity index (χ3v) is 5.36. The van der Waals surface area contributed by atoms with Crippen LogP contribution in [0.1, 0.15) is 27.7 Å². The van der Waals surface area contributed by atoms with Crippen molar-refractivity contribution in [1.29, 1.82) is 0 Å². The van der Waals surface area contributed by atoms with E-state index in [-0.39, 0.29) is 0 Å². The molecule has 2 aromatic carbocycles. The lowest BCUT2D eigenvalue weighted by Crippen LogP contribution is -2.49. The molecule has 0 aliphatic heterocycles. The fourth-order valence-electron chi connectivity index (χ4n) is 3.01. The molecule has 4 rings (SSSR count). The number of hydrogen-bond donors (Lipinski definition) is 1. The van der Waals surface area contributed by atoms with Gasteiger partial charge in [-0.2, -0.15) is 0 Å². The Labute approximate surface area is 153 Å². The number of furan rings is 1. The van der Waals surface area contributed by atoms with Gasteiger partial charge in [-0.15, -0.1) is 0 Å². The summed E-state index contributed by atoms with van der Waals surface area (Å²) in [6, 6.07) is 14.4. The van der Waals surface area contributed by atoms with E-state index < -0.39 is 11.2 Å². The van der Waals surface area contributed by atoms with E-state index in [9.17, 15) is 5.11 Å². The highest BCUT2D eigenvalue weighted by Gasteiger charge is 2.35. The molecule has 0 unspecified atom stereocenters. The average molecular weight is 347 g/mol. The Morgan fingerprint density at radius 3 is 2.54 bits per heavy atom. The number of nitrogens with zero attached hydrogens (tertiary/aromatic N) is 1. The van der Waals surface area contributed by atoms with E-state index in [0.29, 0.717) is 7.48 Å². The smallest absolute Gasteiger partial charge is 0.329 e. The van der Waals surface area contributed by atoms with Gasteiger partial charge in [0.15, 0.2) is 5.58 Å². The van der Waals surface area contributed by atoms with E-state index in [1.807, 2.05) is 38.1 Å². The summed E-state index contributed by atoms with van der Waals surface area (Å²) in [4.78, 5) is 4.47. The molecule has 0 spiro atoms. The van der Waals surface area contributed by atoms with Gasteiger partial charge in [0.25, 0.3) is 0 Å². The topological polar surface area (TPSA) is 55.5 Å². The minimum atomic E-state index is -0.949. The summed E-state index contributed by atoms with van der Waals surface area (Å²) >= 11 is 0. The largest absolute Gasteiger partial charge is 0.454 e. The van der Waals surface area contributed by atoms with Gasteiger partial charge >= 0.3 is 7.48 Å².